The van der Waals surface area contributed by atoms with Gasteiger partial charge in [0.15, 0.2) is 5.78 Å². The second-order valence-corrected chi connectivity index (χ2v) is 8.85. The molecule has 1 aromatic rings. The molecule has 1 aliphatic carbocycles. The Bertz CT molecular complexity index is 892. The maximum absolute atomic E-state index is 13.3. The molecule has 1 N–H and O–H groups in total. The smallest absolute Gasteiger partial charge is 0.336 e. The van der Waals surface area contributed by atoms with Gasteiger partial charge in [-0.2, -0.15) is 0 Å². The van der Waals surface area contributed by atoms with Crippen LogP contribution in [0.5, 0.6) is 5.75 Å². The number of dihydropyridines is 1. The average molecular weight is 398 g/mol. The molecule has 2 aliphatic rings. The average Bonchev–Trinajstić information content (AvgIpc) is 2.59. The normalized spacial score (nSPS) is 21.1. The van der Waals surface area contributed by atoms with Gasteiger partial charge in [0.2, 0.25) is 0 Å². The molecule has 1 aromatic carbocycles. The fraction of sp³-hybridized carbons (Fsp3) is 0.500. The van der Waals surface area contributed by atoms with Gasteiger partial charge < -0.3 is 14.8 Å². The van der Waals surface area contributed by atoms with E-state index in [0.717, 1.165) is 23.4 Å². The van der Waals surface area contributed by atoms with Gasteiger partial charge in [-0.25, -0.2) is 4.79 Å². The second-order valence-electron chi connectivity index (χ2n) is 8.85. The number of hydrogen-bond acceptors (Lipinski definition) is 5. The molecule has 1 atom stereocenters. The van der Waals surface area contributed by atoms with E-state index in [9.17, 15) is 9.59 Å². The van der Waals surface area contributed by atoms with E-state index in [1.165, 1.54) is 0 Å². The van der Waals surface area contributed by atoms with Crippen LogP contribution in [0.15, 0.2) is 46.8 Å². The number of para-hydroxylation sites is 1. The molecule has 0 bridgehead atoms. The summed E-state index contributed by atoms with van der Waals surface area (Å²) in [4.78, 5) is 26.2. The summed E-state index contributed by atoms with van der Waals surface area (Å²) in [5.74, 6) is -0.134. The zero-order chi connectivity index (χ0) is 21.3. The monoisotopic (exact) mass is 397 g/mol. The van der Waals surface area contributed by atoms with Crippen LogP contribution in [0.25, 0.3) is 0 Å². The van der Waals surface area contributed by atoms with E-state index >= 15 is 0 Å². The quantitative estimate of drug-likeness (QED) is 0.733. The van der Waals surface area contributed by atoms with Crippen LogP contribution in [0.4, 0.5) is 0 Å². The van der Waals surface area contributed by atoms with Crippen molar-refractivity contribution in [3.8, 4) is 5.75 Å². The summed E-state index contributed by atoms with van der Waals surface area (Å²) in [6.45, 7) is 12.1. The van der Waals surface area contributed by atoms with Crippen LogP contribution in [0.2, 0.25) is 0 Å². The van der Waals surface area contributed by atoms with Crippen molar-refractivity contribution in [1.29, 1.82) is 0 Å². The fourth-order valence-electron chi connectivity index (χ4n) is 4.31. The first-order chi connectivity index (χ1) is 13.6. The number of esters is 1. The minimum atomic E-state index is -0.496. The zero-order valence-electron chi connectivity index (χ0n) is 18.2. The van der Waals surface area contributed by atoms with Crippen molar-refractivity contribution in [1.82, 2.24) is 5.32 Å². The third-order valence-corrected chi connectivity index (χ3v) is 5.33. The highest BCUT2D eigenvalue weighted by atomic mass is 16.5. The van der Waals surface area contributed by atoms with Crippen LogP contribution >= 0.6 is 0 Å². The van der Waals surface area contributed by atoms with Crippen molar-refractivity contribution >= 4 is 11.8 Å². The largest absolute Gasteiger partial charge is 0.491 e. The number of nitrogens with one attached hydrogen (secondary N) is 1. The molecule has 5 heteroatoms. The Morgan fingerprint density at radius 1 is 1.24 bits per heavy atom. The Morgan fingerprint density at radius 2 is 1.93 bits per heavy atom. The molecule has 3 rings (SSSR count). The van der Waals surface area contributed by atoms with Crippen LogP contribution in [0.3, 0.4) is 0 Å². The van der Waals surface area contributed by atoms with Crippen molar-refractivity contribution in [3.05, 3.63) is 52.4 Å². The summed E-state index contributed by atoms with van der Waals surface area (Å²) < 4.78 is 11.4. The van der Waals surface area contributed by atoms with E-state index in [-0.39, 0.29) is 23.9 Å². The van der Waals surface area contributed by atoms with Crippen molar-refractivity contribution in [3.63, 3.8) is 0 Å². The lowest BCUT2D eigenvalue weighted by atomic mass is 9.68. The molecule has 0 fully saturated rings. The van der Waals surface area contributed by atoms with Gasteiger partial charge in [-0.1, -0.05) is 32.0 Å². The van der Waals surface area contributed by atoms with Gasteiger partial charge in [0.05, 0.1) is 24.2 Å². The van der Waals surface area contributed by atoms with Crippen LogP contribution in [-0.2, 0) is 14.3 Å². The van der Waals surface area contributed by atoms with Gasteiger partial charge in [-0.05, 0) is 45.6 Å². The molecule has 5 nitrogen and oxygen atoms in total. The van der Waals surface area contributed by atoms with Gasteiger partial charge in [-0.3, -0.25) is 4.79 Å². The molecule has 0 spiro atoms. The van der Waals surface area contributed by atoms with Crippen molar-refractivity contribution in [2.24, 2.45) is 5.41 Å². The molecule has 0 unspecified atom stereocenters. The lowest BCUT2D eigenvalue weighted by Gasteiger charge is -2.39. The van der Waals surface area contributed by atoms with E-state index in [4.69, 9.17) is 9.47 Å². The van der Waals surface area contributed by atoms with Gasteiger partial charge >= 0.3 is 5.97 Å². The lowest BCUT2D eigenvalue weighted by Crippen LogP contribution is -2.38. The summed E-state index contributed by atoms with van der Waals surface area (Å²) in [6, 6.07) is 7.66. The summed E-state index contributed by atoms with van der Waals surface area (Å²) in [7, 11) is 0. The highest BCUT2D eigenvalue weighted by Crippen LogP contribution is 2.48. The number of carbonyl (C=O) groups excluding carboxylic acids is 2. The van der Waals surface area contributed by atoms with Crippen molar-refractivity contribution < 1.29 is 19.1 Å². The maximum Gasteiger partial charge on any atom is 0.336 e. The predicted molar refractivity (Wildman–Crippen MR) is 112 cm³/mol. The lowest BCUT2D eigenvalue weighted by molar-refractivity contribution is -0.138. The molecule has 29 heavy (non-hydrogen) atoms. The fourth-order valence-corrected chi connectivity index (χ4v) is 4.31. The Balaban J connectivity index is 2.22. The highest BCUT2D eigenvalue weighted by molar-refractivity contribution is 6.04. The molecular weight excluding hydrogens is 366 g/mol. The van der Waals surface area contributed by atoms with E-state index in [0.29, 0.717) is 23.3 Å². The first-order valence-electron chi connectivity index (χ1n) is 10.3. The third-order valence-electron chi connectivity index (χ3n) is 5.33. The number of Topliss-reactive ketones (excluding diaryl/α,β-unsaturated/α-hetero) is 1. The zero-order valence-corrected chi connectivity index (χ0v) is 18.2. The number of hydrogen-bond donors (Lipinski definition) is 1. The Hall–Kier alpha value is -2.56. The maximum atomic E-state index is 13.3. The Labute approximate surface area is 173 Å². The number of benzene rings is 1. The minimum Gasteiger partial charge on any atom is -0.491 e. The molecule has 1 aliphatic heterocycles. The van der Waals surface area contributed by atoms with Crippen molar-refractivity contribution in [2.75, 3.05) is 6.61 Å². The van der Waals surface area contributed by atoms with Crippen LogP contribution in [-0.4, -0.2) is 24.5 Å². The minimum absolute atomic E-state index is 0.0246. The number of allylic oxidation sites excluding steroid dienone is 3. The first-order valence-corrected chi connectivity index (χ1v) is 10.3. The summed E-state index contributed by atoms with van der Waals surface area (Å²) in [6.07, 6.45) is 1.18. The van der Waals surface area contributed by atoms with Crippen LogP contribution in [0, 0.1) is 5.41 Å². The van der Waals surface area contributed by atoms with Gasteiger partial charge in [0.1, 0.15) is 5.75 Å². The molecule has 0 aromatic heterocycles. The predicted octanol–water partition coefficient (Wildman–Crippen LogP) is 4.64. The molecule has 0 radical (unpaired) electrons. The topological polar surface area (TPSA) is 64.6 Å². The van der Waals surface area contributed by atoms with E-state index < -0.39 is 11.9 Å². The summed E-state index contributed by atoms with van der Waals surface area (Å²) in [5, 5.41) is 3.35. The molecule has 1 heterocycles. The van der Waals surface area contributed by atoms with Crippen molar-refractivity contribution in [2.45, 2.75) is 66.4 Å². The second kappa shape index (κ2) is 8.05. The molecule has 0 saturated carbocycles. The number of ether oxygens (including phenoxy) is 2. The van der Waals surface area contributed by atoms with Gasteiger partial charge in [-0.15, -0.1) is 0 Å². The molecular formula is C24H31NO4. The first kappa shape index (κ1) is 21.2. The van der Waals surface area contributed by atoms with Crippen LogP contribution in [0.1, 0.15) is 65.9 Å². The summed E-state index contributed by atoms with van der Waals surface area (Å²) in [5.41, 5.74) is 3.49. The van der Waals surface area contributed by atoms with Crippen LogP contribution < -0.4 is 10.1 Å². The van der Waals surface area contributed by atoms with Gasteiger partial charge in [0.25, 0.3) is 0 Å². The number of carbonyl (C=O) groups is 2. The molecule has 156 valence electrons. The SMILES string of the molecule is CCOC(=O)C1=C(C)NC2=C(C(=O)CC(C)(C)C2)[C@H]1c1ccccc1OC(C)C. The molecule has 0 amide bonds. The van der Waals surface area contributed by atoms with E-state index in [1.54, 1.807) is 6.92 Å². The summed E-state index contributed by atoms with van der Waals surface area (Å²) >= 11 is 0. The number of ketones is 1. The molecule has 0 saturated heterocycles. The van der Waals surface area contributed by atoms with Gasteiger partial charge in [0, 0.05) is 29.0 Å². The standard InChI is InChI=1S/C24H31NO4/c1-7-28-23(27)20-15(4)25-17-12-24(5,6)13-18(26)22(17)21(20)16-10-8-9-11-19(16)29-14(2)3/h8-11,14,21,25H,7,12-13H2,1-6H3/t21-/m0/s1. The van der Waals surface area contributed by atoms with E-state index in [1.807, 2.05) is 45.0 Å². The number of rotatable bonds is 5. The Morgan fingerprint density at radius 3 is 2.59 bits per heavy atom. The van der Waals surface area contributed by atoms with E-state index in [2.05, 4.69) is 19.2 Å². The third kappa shape index (κ3) is 4.24. The highest BCUT2D eigenvalue weighted by Gasteiger charge is 2.43. The Kier molecular flexibility index (Phi) is 5.87.